The molecule has 0 aromatic carbocycles. The summed E-state index contributed by atoms with van der Waals surface area (Å²) in [5.74, 6) is 0. The zero-order chi connectivity index (χ0) is 13.8. The lowest BCUT2D eigenvalue weighted by atomic mass is 10.3. The van der Waals surface area contributed by atoms with Crippen molar-refractivity contribution in [3.63, 3.8) is 0 Å². The van der Waals surface area contributed by atoms with E-state index in [4.69, 9.17) is 16.3 Å². The molecule has 0 bridgehead atoms. The summed E-state index contributed by atoms with van der Waals surface area (Å²) in [6.07, 6.45) is 2.03. The molecule has 1 aromatic rings. The molecular weight excluding hydrogens is 296 g/mol. The van der Waals surface area contributed by atoms with E-state index in [1.165, 1.54) is 10.5 Å². The van der Waals surface area contributed by atoms with Gasteiger partial charge in [0, 0.05) is 19.7 Å². The Labute approximate surface area is 117 Å². The van der Waals surface area contributed by atoms with Gasteiger partial charge in [0.15, 0.2) is 8.68 Å². The van der Waals surface area contributed by atoms with Gasteiger partial charge in [0.05, 0.1) is 12.8 Å². The molecular formula is C10H17ClN2O3S2. The van der Waals surface area contributed by atoms with Gasteiger partial charge >= 0.3 is 0 Å². The van der Waals surface area contributed by atoms with Crippen LogP contribution >= 0.6 is 22.9 Å². The van der Waals surface area contributed by atoms with Crippen LogP contribution in [0.25, 0.3) is 0 Å². The van der Waals surface area contributed by atoms with E-state index in [1.807, 2.05) is 13.8 Å². The van der Waals surface area contributed by atoms with Crippen LogP contribution in [-0.4, -0.2) is 44.0 Å². The number of aromatic nitrogens is 1. The van der Waals surface area contributed by atoms with E-state index in [-0.39, 0.29) is 14.7 Å². The number of thiazole rings is 1. The average Bonchev–Trinajstić information content (AvgIpc) is 2.76. The maximum Gasteiger partial charge on any atom is 0.254 e. The van der Waals surface area contributed by atoms with Gasteiger partial charge in [-0.3, -0.25) is 0 Å². The third-order valence-electron chi connectivity index (χ3n) is 2.62. The van der Waals surface area contributed by atoms with Crippen LogP contribution in [0.15, 0.2) is 10.4 Å². The van der Waals surface area contributed by atoms with E-state index in [9.17, 15) is 8.42 Å². The fourth-order valence-corrected chi connectivity index (χ4v) is 4.55. The van der Waals surface area contributed by atoms with Crippen molar-refractivity contribution in [3.8, 4) is 0 Å². The number of hydrogen-bond donors (Lipinski definition) is 0. The third kappa shape index (κ3) is 3.64. The van der Waals surface area contributed by atoms with E-state index in [0.717, 1.165) is 17.8 Å². The minimum absolute atomic E-state index is 0.0916. The summed E-state index contributed by atoms with van der Waals surface area (Å²) in [5, 5.41) is 0. The van der Waals surface area contributed by atoms with Crippen molar-refractivity contribution in [3.05, 3.63) is 10.7 Å². The highest BCUT2D eigenvalue weighted by Gasteiger charge is 2.29. The summed E-state index contributed by atoms with van der Waals surface area (Å²) in [4.78, 5) is 3.78. The van der Waals surface area contributed by atoms with Crippen molar-refractivity contribution >= 4 is 33.0 Å². The topological polar surface area (TPSA) is 59.5 Å². The molecule has 18 heavy (non-hydrogen) atoms. The van der Waals surface area contributed by atoms with Crippen LogP contribution in [0.2, 0.25) is 4.47 Å². The molecule has 0 N–H and O–H groups in total. The van der Waals surface area contributed by atoms with Gasteiger partial charge in [0.25, 0.3) is 10.0 Å². The number of halogens is 1. The lowest BCUT2D eigenvalue weighted by Crippen LogP contribution is -2.40. The molecule has 104 valence electrons. The van der Waals surface area contributed by atoms with Crippen LogP contribution < -0.4 is 0 Å². The number of nitrogens with zero attached hydrogens (tertiary/aromatic N) is 2. The molecule has 5 nitrogen and oxygen atoms in total. The second-order valence-electron chi connectivity index (χ2n) is 3.80. The first kappa shape index (κ1) is 15.8. The fraction of sp³-hybridized carbons (Fsp3) is 0.700. The predicted octanol–water partition coefficient (Wildman–Crippen LogP) is 2.23. The van der Waals surface area contributed by atoms with E-state index in [0.29, 0.717) is 13.2 Å². The first-order chi connectivity index (χ1) is 8.43. The number of sulfonamides is 1. The van der Waals surface area contributed by atoms with Gasteiger partial charge in [-0.1, -0.05) is 29.9 Å². The quantitative estimate of drug-likeness (QED) is 0.774. The standard InChI is InChI=1S/C10H17ClN2O3S2/c1-4-8(2)13(5-6-16-3)18(14,15)9-7-12-10(11)17-9/h7-8H,4-6H2,1-3H3. The summed E-state index contributed by atoms with van der Waals surface area (Å²) < 4.78 is 31.7. The Hall–Kier alpha value is -0.210. The third-order valence-corrected chi connectivity index (χ3v) is 6.18. The number of rotatable bonds is 7. The Bertz CT molecular complexity index is 475. The van der Waals surface area contributed by atoms with Crippen molar-refractivity contribution in [2.75, 3.05) is 20.3 Å². The molecule has 1 rings (SSSR count). The molecule has 0 aliphatic heterocycles. The van der Waals surface area contributed by atoms with Gasteiger partial charge in [-0.05, 0) is 13.3 Å². The van der Waals surface area contributed by atoms with Crippen molar-refractivity contribution in [1.29, 1.82) is 0 Å². The first-order valence-corrected chi connectivity index (χ1v) is 8.19. The van der Waals surface area contributed by atoms with Crippen LogP contribution in [-0.2, 0) is 14.8 Å². The largest absolute Gasteiger partial charge is 0.383 e. The normalized spacial score (nSPS) is 14.1. The molecule has 0 spiro atoms. The van der Waals surface area contributed by atoms with Gasteiger partial charge in [-0.25, -0.2) is 13.4 Å². The van der Waals surface area contributed by atoms with E-state index >= 15 is 0 Å². The molecule has 0 aliphatic carbocycles. The molecule has 0 fully saturated rings. The zero-order valence-corrected chi connectivity index (χ0v) is 13.0. The van der Waals surface area contributed by atoms with Crippen molar-refractivity contribution in [2.45, 2.75) is 30.5 Å². The lowest BCUT2D eigenvalue weighted by Gasteiger charge is -2.26. The SMILES string of the molecule is CCC(C)N(CCOC)S(=O)(=O)c1cnc(Cl)s1. The highest BCUT2D eigenvalue weighted by atomic mass is 35.5. The van der Waals surface area contributed by atoms with Gasteiger partial charge in [0.1, 0.15) is 0 Å². The minimum Gasteiger partial charge on any atom is -0.383 e. The maximum absolute atomic E-state index is 12.4. The second-order valence-corrected chi connectivity index (χ2v) is 7.53. The van der Waals surface area contributed by atoms with Gasteiger partial charge in [-0.15, -0.1) is 0 Å². The van der Waals surface area contributed by atoms with Gasteiger partial charge in [-0.2, -0.15) is 4.31 Å². The van der Waals surface area contributed by atoms with E-state index in [2.05, 4.69) is 4.98 Å². The molecule has 1 atom stereocenters. The molecule has 8 heteroatoms. The van der Waals surface area contributed by atoms with E-state index in [1.54, 1.807) is 7.11 Å². The number of ether oxygens (including phenoxy) is 1. The maximum atomic E-state index is 12.4. The molecule has 0 saturated carbocycles. The minimum atomic E-state index is -3.54. The molecule has 0 radical (unpaired) electrons. The second kappa shape index (κ2) is 6.81. The Morgan fingerprint density at radius 3 is 2.72 bits per heavy atom. The summed E-state index contributed by atoms with van der Waals surface area (Å²) >= 11 is 6.66. The molecule has 0 amide bonds. The number of hydrogen-bond acceptors (Lipinski definition) is 5. The number of methoxy groups -OCH3 is 1. The highest BCUT2D eigenvalue weighted by Crippen LogP contribution is 2.27. The molecule has 0 aliphatic rings. The highest BCUT2D eigenvalue weighted by molar-refractivity contribution is 7.91. The Morgan fingerprint density at radius 2 is 2.28 bits per heavy atom. The van der Waals surface area contributed by atoms with Crippen LogP contribution in [0.5, 0.6) is 0 Å². The van der Waals surface area contributed by atoms with E-state index < -0.39 is 10.0 Å². The zero-order valence-electron chi connectivity index (χ0n) is 10.6. The van der Waals surface area contributed by atoms with Crippen molar-refractivity contribution in [1.82, 2.24) is 9.29 Å². The lowest BCUT2D eigenvalue weighted by molar-refractivity contribution is 0.167. The van der Waals surface area contributed by atoms with Gasteiger partial charge < -0.3 is 4.74 Å². The smallest absolute Gasteiger partial charge is 0.254 e. The molecule has 0 saturated heterocycles. The van der Waals surface area contributed by atoms with Crippen LogP contribution in [0.1, 0.15) is 20.3 Å². The molecule has 1 heterocycles. The monoisotopic (exact) mass is 312 g/mol. The summed E-state index contributed by atoms with van der Waals surface area (Å²) in [6.45, 7) is 4.49. The summed E-state index contributed by atoms with van der Waals surface area (Å²) in [7, 11) is -1.99. The van der Waals surface area contributed by atoms with Crippen LogP contribution in [0.3, 0.4) is 0 Å². The first-order valence-electron chi connectivity index (χ1n) is 5.55. The van der Waals surface area contributed by atoms with Crippen molar-refractivity contribution in [2.24, 2.45) is 0 Å². The summed E-state index contributed by atoms with van der Waals surface area (Å²) in [5.41, 5.74) is 0. The van der Waals surface area contributed by atoms with Crippen molar-refractivity contribution < 1.29 is 13.2 Å². The van der Waals surface area contributed by atoms with Crippen LogP contribution in [0.4, 0.5) is 0 Å². The summed E-state index contributed by atoms with van der Waals surface area (Å²) in [6, 6.07) is -0.0916. The average molecular weight is 313 g/mol. The van der Waals surface area contributed by atoms with Crippen LogP contribution in [0, 0.1) is 0 Å². The molecule has 1 aromatic heterocycles. The fourth-order valence-electron chi connectivity index (χ4n) is 1.44. The predicted molar refractivity (Wildman–Crippen MR) is 72.6 cm³/mol. The Morgan fingerprint density at radius 1 is 1.61 bits per heavy atom. The molecule has 1 unspecified atom stereocenters. The van der Waals surface area contributed by atoms with Gasteiger partial charge in [0.2, 0.25) is 0 Å². The Balaban J connectivity index is 3.03. The Kier molecular flexibility index (Phi) is 6.00.